The van der Waals surface area contributed by atoms with Crippen LogP contribution in [-0.4, -0.2) is 39.1 Å². The van der Waals surface area contributed by atoms with E-state index in [1.165, 1.54) is 18.2 Å². The van der Waals surface area contributed by atoms with Gasteiger partial charge in [-0.1, -0.05) is 25.6 Å². The molecule has 2 rings (SSSR count). The van der Waals surface area contributed by atoms with E-state index in [4.69, 9.17) is 9.84 Å². The molecule has 20 heavy (non-hydrogen) atoms. The summed E-state index contributed by atoms with van der Waals surface area (Å²) in [6.07, 6.45) is 5.17. The topological polar surface area (TPSA) is 64.4 Å². The normalized spacial score (nSPS) is 17.2. The van der Waals surface area contributed by atoms with E-state index in [9.17, 15) is 4.79 Å². The van der Waals surface area contributed by atoms with Crippen molar-refractivity contribution in [2.24, 2.45) is 0 Å². The fourth-order valence-electron chi connectivity index (χ4n) is 2.52. The summed E-state index contributed by atoms with van der Waals surface area (Å²) in [5.41, 5.74) is 1.05. The lowest BCUT2D eigenvalue weighted by Gasteiger charge is -2.41. The molecule has 0 saturated heterocycles. The Kier molecular flexibility index (Phi) is 4.75. The molecule has 1 fully saturated rings. The Hall–Kier alpha value is -1.01. The highest BCUT2D eigenvalue weighted by atomic mass is 32.2. The smallest absolute Gasteiger partial charge is 0.313 e. The first-order valence-electron chi connectivity index (χ1n) is 6.92. The van der Waals surface area contributed by atoms with Crippen molar-refractivity contribution in [3.05, 3.63) is 11.9 Å². The van der Waals surface area contributed by atoms with Crippen molar-refractivity contribution in [1.29, 1.82) is 0 Å². The van der Waals surface area contributed by atoms with Gasteiger partial charge in [-0.05, 0) is 25.2 Å². The molecule has 0 aromatic carbocycles. The van der Waals surface area contributed by atoms with Crippen molar-refractivity contribution in [1.82, 2.24) is 9.55 Å². The second-order valence-corrected chi connectivity index (χ2v) is 6.57. The van der Waals surface area contributed by atoms with Gasteiger partial charge in [-0.3, -0.25) is 4.79 Å². The highest BCUT2D eigenvalue weighted by molar-refractivity contribution is 7.99. The van der Waals surface area contributed by atoms with Crippen molar-refractivity contribution in [2.75, 3.05) is 12.9 Å². The zero-order valence-corrected chi connectivity index (χ0v) is 13.1. The fourth-order valence-corrected chi connectivity index (χ4v) is 3.22. The van der Waals surface area contributed by atoms with Crippen LogP contribution in [0, 0.1) is 0 Å². The van der Waals surface area contributed by atoms with Crippen molar-refractivity contribution in [3.63, 3.8) is 0 Å². The van der Waals surface area contributed by atoms with E-state index in [-0.39, 0.29) is 11.4 Å². The van der Waals surface area contributed by atoms with E-state index in [1.54, 1.807) is 7.11 Å². The third kappa shape index (κ3) is 3.17. The monoisotopic (exact) mass is 298 g/mol. The van der Waals surface area contributed by atoms with Gasteiger partial charge in [0.15, 0.2) is 5.16 Å². The van der Waals surface area contributed by atoms with Gasteiger partial charge in [0.05, 0.1) is 17.9 Å². The molecule has 0 aliphatic heterocycles. The highest BCUT2D eigenvalue weighted by Gasteiger charge is 2.38. The summed E-state index contributed by atoms with van der Waals surface area (Å²) in [5.74, 6) is -0.425. The number of rotatable bonds is 7. The Labute approximate surface area is 123 Å². The molecule has 0 amide bonds. The van der Waals surface area contributed by atoms with Gasteiger partial charge in [0.2, 0.25) is 0 Å². The van der Waals surface area contributed by atoms with Crippen LogP contribution < -0.4 is 0 Å². The minimum absolute atomic E-state index is 0.0362. The molecule has 1 aromatic rings. The molecule has 1 N–H and O–H groups in total. The van der Waals surface area contributed by atoms with Crippen LogP contribution in [0.2, 0.25) is 0 Å². The first-order valence-corrected chi connectivity index (χ1v) is 7.91. The highest BCUT2D eigenvalue weighted by Crippen LogP contribution is 2.38. The van der Waals surface area contributed by atoms with Crippen molar-refractivity contribution in [3.8, 4) is 0 Å². The molecule has 0 unspecified atom stereocenters. The van der Waals surface area contributed by atoms with Gasteiger partial charge < -0.3 is 14.4 Å². The standard InChI is InChI=1S/C14H22N2O3S/c1-10(2)11-7-15-13(20-8-12(17)18)16(11)9-14(19-3)5-4-6-14/h7,10H,4-6,8-9H2,1-3H3,(H,17,18). The average Bonchev–Trinajstić information content (AvgIpc) is 2.74. The van der Waals surface area contributed by atoms with E-state index in [1.807, 2.05) is 6.20 Å². The van der Waals surface area contributed by atoms with Crippen LogP contribution in [0.25, 0.3) is 0 Å². The van der Waals surface area contributed by atoms with Gasteiger partial charge in [-0.2, -0.15) is 0 Å². The molecule has 6 heteroatoms. The molecular formula is C14H22N2O3S. The summed E-state index contributed by atoms with van der Waals surface area (Å²) in [6.45, 7) is 5.01. The zero-order chi connectivity index (χ0) is 14.8. The maximum atomic E-state index is 10.8. The number of carbonyl (C=O) groups is 1. The van der Waals surface area contributed by atoms with Gasteiger partial charge >= 0.3 is 5.97 Å². The van der Waals surface area contributed by atoms with Crippen molar-refractivity contribution < 1.29 is 14.6 Å². The molecular weight excluding hydrogens is 276 g/mol. The molecule has 1 saturated carbocycles. The van der Waals surface area contributed by atoms with Crippen LogP contribution in [0.3, 0.4) is 0 Å². The lowest BCUT2D eigenvalue weighted by molar-refractivity contribution is -0.133. The molecule has 1 aliphatic rings. The first kappa shape index (κ1) is 15.4. The Balaban J connectivity index is 2.22. The Bertz CT molecular complexity index is 475. The predicted octanol–water partition coefficient (Wildman–Crippen LogP) is 2.75. The second kappa shape index (κ2) is 6.18. The summed E-state index contributed by atoms with van der Waals surface area (Å²) >= 11 is 1.28. The van der Waals surface area contributed by atoms with Crippen LogP contribution in [-0.2, 0) is 16.1 Å². The van der Waals surface area contributed by atoms with Crippen molar-refractivity contribution in [2.45, 2.75) is 56.3 Å². The third-order valence-electron chi connectivity index (χ3n) is 3.91. The molecule has 1 aromatic heterocycles. The van der Waals surface area contributed by atoms with E-state index >= 15 is 0 Å². The van der Waals surface area contributed by atoms with E-state index in [2.05, 4.69) is 23.4 Å². The summed E-state index contributed by atoms with van der Waals surface area (Å²) in [6, 6.07) is 0. The lowest BCUT2D eigenvalue weighted by atomic mass is 9.80. The van der Waals surface area contributed by atoms with Crippen molar-refractivity contribution >= 4 is 17.7 Å². The SMILES string of the molecule is COC1(Cn2c(C(C)C)cnc2SCC(=O)O)CCC1. The number of carboxylic acids is 1. The molecule has 0 atom stereocenters. The maximum absolute atomic E-state index is 10.8. The fraction of sp³-hybridized carbons (Fsp3) is 0.714. The molecule has 1 aliphatic carbocycles. The largest absolute Gasteiger partial charge is 0.481 e. The van der Waals surface area contributed by atoms with Gasteiger partial charge in [0, 0.05) is 19.0 Å². The second-order valence-electron chi connectivity index (χ2n) is 5.63. The average molecular weight is 298 g/mol. The number of hydrogen-bond donors (Lipinski definition) is 1. The summed E-state index contributed by atoms with van der Waals surface area (Å²) < 4.78 is 7.83. The van der Waals surface area contributed by atoms with Crippen LogP contribution in [0.1, 0.15) is 44.7 Å². The molecule has 0 spiro atoms. The van der Waals surface area contributed by atoms with Gasteiger partial charge in [0.25, 0.3) is 0 Å². The number of ether oxygens (including phenoxy) is 1. The maximum Gasteiger partial charge on any atom is 0.313 e. The predicted molar refractivity (Wildman–Crippen MR) is 78.3 cm³/mol. The Morgan fingerprint density at radius 2 is 2.30 bits per heavy atom. The lowest BCUT2D eigenvalue weighted by Crippen LogP contribution is -2.43. The quantitative estimate of drug-likeness (QED) is 0.784. The molecule has 0 bridgehead atoms. The van der Waals surface area contributed by atoms with Gasteiger partial charge in [0.1, 0.15) is 0 Å². The Morgan fingerprint density at radius 1 is 1.60 bits per heavy atom. The van der Waals surface area contributed by atoms with E-state index in [0.717, 1.165) is 30.2 Å². The Morgan fingerprint density at radius 3 is 2.75 bits per heavy atom. The minimum Gasteiger partial charge on any atom is -0.481 e. The zero-order valence-electron chi connectivity index (χ0n) is 12.3. The van der Waals surface area contributed by atoms with Crippen LogP contribution in [0.15, 0.2) is 11.4 Å². The number of imidazole rings is 1. The minimum atomic E-state index is -0.819. The number of thioether (sulfide) groups is 1. The first-order chi connectivity index (χ1) is 9.47. The number of aromatic nitrogens is 2. The van der Waals surface area contributed by atoms with Crippen LogP contribution in [0.5, 0.6) is 0 Å². The third-order valence-corrected chi connectivity index (χ3v) is 4.89. The molecule has 1 heterocycles. The van der Waals surface area contributed by atoms with Crippen LogP contribution >= 0.6 is 11.8 Å². The van der Waals surface area contributed by atoms with E-state index < -0.39 is 5.97 Å². The molecule has 112 valence electrons. The van der Waals surface area contributed by atoms with Gasteiger partial charge in [-0.15, -0.1) is 0 Å². The summed E-state index contributed by atoms with van der Waals surface area (Å²) in [7, 11) is 1.76. The summed E-state index contributed by atoms with van der Waals surface area (Å²) in [5, 5.41) is 9.61. The van der Waals surface area contributed by atoms with Crippen LogP contribution in [0.4, 0.5) is 0 Å². The van der Waals surface area contributed by atoms with E-state index in [0.29, 0.717) is 5.92 Å². The molecule has 5 nitrogen and oxygen atoms in total. The molecule has 0 radical (unpaired) electrons. The number of aliphatic carboxylic acids is 1. The van der Waals surface area contributed by atoms with Gasteiger partial charge in [-0.25, -0.2) is 4.98 Å². The number of nitrogens with zero attached hydrogens (tertiary/aromatic N) is 2. The number of hydrogen-bond acceptors (Lipinski definition) is 4. The number of carboxylic acid groups (broad SMARTS) is 1. The summed E-state index contributed by atoms with van der Waals surface area (Å²) in [4.78, 5) is 15.1. The number of methoxy groups -OCH3 is 1.